The molecule has 3 unspecified atom stereocenters. The van der Waals surface area contributed by atoms with Gasteiger partial charge >= 0.3 is 0 Å². The number of nitrogens with zero attached hydrogens (tertiary/aromatic N) is 2. The lowest BCUT2D eigenvalue weighted by atomic mass is 9.78. The largest absolute Gasteiger partial charge is 0.322 e. The van der Waals surface area contributed by atoms with Crippen LogP contribution in [0.2, 0.25) is 5.28 Å². The first-order valence-electron chi connectivity index (χ1n) is 5.40. The minimum Gasteiger partial charge on any atom is -0.322 e. The molecule has 0 aromatic carbocycles. The topological polar surface area (TPSA) is 17.8 Å². The molecule has 2 nitrogen and oxygen atoms in total. The number of halogens is 2. The summed E-state index contributed by atoms with van der Waals surface area (Å²) in [5, 5.41) is 0.592. The van der Waals surface area contributed by atoms with E-state index < -0.39 is 0 Å². The molecular weight excluding hydrogens is 275 g/mol. The first-order chi connectivity index (χ1) is 7.09. The summed E-state index contributed by atoms with van der Waals surface area (Å²) < 4.78 is 2.01. The van der Waals surface area contributed by atoms with Crippen molar-refractivity contribution in [2.75, 3.05) is 0 Å². The molecule has 0 amide bonds. The third-order valence-electron chi connectivity index (χ3n) is 3.48. The molecular formula is C11H16BrClN2. The lowest BCUT2D eigenvalue weighted by molar-refractivity contribution is 0.330. The monoisotopic (exact) mass is 290 g/mol. The van der Waals surface area contributed by atoms with Gasteiger partial charge in [-0.15, -0.1) is 0 Å². The Labute approximate surface area is 104 Å². The molecule has 2 rings (SSSR count). The molecule has 0 radical (unpaired) electrons. The van der Waals surface area contributed by atoms with Gasteiger partial charge < -0.3 is 4.57 Å². The zero-order valence-electron chi connectivity index (χ0n) is 9.08. The van der Waals surface area contributed by atoms with Crippen molar-refractivity contribution in [2.45, 2.75) is 36.9 Å². The molecule has 0 saturated heterocycles. The fourth-order valence-corrected chi connectivity index (χ4v) is 3.24. The highest BCUT2D eigenvalue weighted by Crippen LogP contribution is 2.40. The Morgan fingerprint density at radius 2 is 2.27 bits per heavy atom. The third-order valence-corrected chi connectivity index (χ3v) is 4.66. The predicted octanol–water partition coefficient (Wildman–Crippen LogP) is 3.74. The summed E-state index contributed by atoms with van der Waals surface area (Å²) in [5.74, 6) is 1.32. The second kappa shape index (κ2) is 4.46. The molecule has 84 valence electrons. The lowest BCUT2D eigenvalue weighted by Crippen LogP contribution is -2.23. The van der Waals surface area contributed by atoms with Crippen LogP contribution < -0.4 is 0 Å². The van der Waals surface area contributed by atoms with Crippen molar-refractivity contribution in [3.8, 4) is 0 Å². The summed E-state index contributed by atoms with van der Waals surface area (Å²) in [7, 11) is 2.00. The number of imidazole rings is 1. The number of aromatic nitrogens is 2. The van der Waals surface area contributed by atoms with E-state index >= 15 is 0 Å². The number of hydrogen-bond donors (Lipinski definition) is 0. The van der Waals surface area contributed by atoms with E-state index in [1.807, 2.05) is 17.8 Å². The van der Waals surface area contributed by atoms with E-state index in [0.717, 1.165) is 5.92 Å². The molecule has 1 fully saturated rings. The molecule has 1 aliphatic carbocycles. The van der Waals surface area contributed by atoms with Crippen molar-refractivity contribution in [3.05, 3.63) is 17.2 Å². The smallest absolute Gasteiger partial charge is 0.202 e. The SMILES string of the molecule is CC1CCC(Br)CC1c1cnc(Cl)n1C. The highest BCUT2D eigenvalue weighted by molar-refractivity contribution is 9.09. The predicted molar refractivity (Wildman–Crippen MR) is 66.7 cm³/mol. The van der Waals surface area contributed by atoms with Crippen LogP contribution in [0.3, 0.4) is 0 Å². The fraction of sp³-hybridized carbons (Fsp3) is 0.727. The van der Waals surface area contributed by atoms with Crippen molar-refractivity contribution in [2.24, 2.45) is 13.0 Å². The Morgan fingerprint density at radius 3 is 2.87 bits per heavy atom. The van der Waals surface area contributed by atoms with Gasteiger partial charge in [-0.05, 0) is 36.8 Å². The highest BCUT2D eigenvalue weighted by Gasteiger charge is 2.29. The van der Waals surface area contributed by atoms with Crippen LogP contribution in [0.15, 0.2) is 6.20 Å². The third kappa shape index (κ3) is 2.23. The van der Waals surface area contributed by atoms with Gasteiger partial charge in [-0.25, -0.2) is 4.98 Å². The van der Waals surface area contributed by atoms with Crippen LogP contribution in [0, 0.1) is 5.92 Å². The molecule has 0 aliphatic heterocycles. The maximum absolute atomic E-state index is 5.97. The van der Waals surface area contributed by atoms with E-state index in [-0.39, 0.29) is 0 Å². The Morgan fingerprint density at radius 1 is 1.53 bits per heavy atom. The molecule has 15 heavy (non-hydrogen) atoms. The zero-order chi connectivity index (χ0) is 11.0. The first kappa shape index (κ1) is 11.5. The molecule has 3 atom stereocenters. The summed E-state index contributed by atoms with van der Waals surface area (Å²) in [6.45, 7) is 2.32. The average molecular weight is 292 g/mol. The Hall–Kier alpha value is -0.0200. The molecule has 4 heteroatoms. The van der Waals surface area contributed by atoms with Crippen molar-refractivity contribution in [3.63, 3.8) is 0 Å². The Balaban J connectivity index is 2.25. The zero-order valence-corrected chi connectivity index (χ0v) is 11.4. The van der Waals surface area contributed by atoms with Crippen molar-refractivity contribution < 1.29 is 0 Å². The quantitative estimate of drug-likeness (QED) is 0.721. The summed E-state index contributed by atoms with van der Waals surface area (Å²) in [5.41, 5.74) is 1.27. The lowest BCUT2D eigenvalue weighted by Gasteiger charge is -2.31. The normalized spacial score (nSPS) is 31.9. The minimum atomic E-state index is 0.591. The molecule has 0 spiro atoms. The van der Waals surface area contributed by atoms with Crippen molar-refractivity contribution in [1.29, 1.82) is 0 Å². The average Bonchev–Trinajstić information content (AvgIpc) is 2.52. The van der Waals surface area contributed by atoms with E-state index in [4.69, 9.17) is 11.6 Å². The van der Waals surface area contributed by atoms with Gasteiger partial charge in [0.05, 0.1) is 6.20 Å². The van der Waals surface area contributed by atoms with Crippen molar-refractivity contribution in [1.82, 2.24) is 9.55 Å². The van der Waals surface area contributed by atoms with Crippen LogP contribution in [-0.4, -0.2) is 14.4 Å². The van der Waals surface area contributed by atoms with E-state index in [9.17, 15) is 0 Å². The van der Waals surface area contributed by atoms with Gasteiger partial charge in [0, 0.05) is 23.5 Å². The summed E-state index contributed by atoms with van der Waals surface area (Å²) in [4.78, 5) is 4.81. The molecule has 1 aromatic heterocycles. The molecule has 1 aliphatic rings. The van der Waals surface area contributed by atoms with Gasteiger partial charge in [0.1, 0.15) is 0 Å². The van der Waals surface area contributed by atoms with Crippen LogP contribution in [0.4, 0.5) is 0 Å². The van der Waals surface area contributed by atoms with Gasteiger partial charge in [-0.1, -0.05) is 22.9 Å². The van der Waals surface area contributed by atoms with Crippen LogP contribution in [-0.2, 0) is 7.05 Å². The first-order valence-corrected chi connectivity index (χ1v) is 6.70. The minimum absolute atomic E-state index is 0.591. The maximum atomic E-state index is 5.97. The number of alkyl halides is 1. The van der Waals surface area contributed by atoms with Crippen LogP contribution >= 0.6 is 27.5 Å². The molecule has 1 saturated carbocycles. The van der Waals surface area contributed by atoms with Gasteiger partial charge in [0.2, 0.25) is 5.28 Å². The highest BCUT2D eigenvalue weighted by atomic mass is 79.9. The standard InChI is InChI=1S/C11H16BrClN2/c1-7-3-4-8(12)5-9(7)10-6-14-11(13)15(10)2/h6-9H,3-5H2,1-2H3. The summed E-state index contributed by atoms with van der Waals surface area (Å²) in [6, 6.07) is 0. The van der Waals surface area contributed by atoms with E-state index in [2.05, 4.69) is 27.8 Å². The van der Waals surface area contributed by atoms with Gasteiger partial charge in [-0.3, -0.25) is 0 Å². The second-order valence-corrected chi connectivity index (χ2v) is 6.14. The number of hydrogen-bond acceptors (Lipinski definition) is 1. The van der Waals surface area contributed by atoms with Crippen LogP contribution in [0.25, 0.3) is 0 Å². The molecule has 1 aromatic rings. The molecule has 0 bridgehead atoms. The summed E-state index contributed by atoms with van der Waals surface area (Å²) in [6.07, 6.45) is 5.68. The van der Waals surface area contributed by atoms with Crippen molar-refractivity contribution >= 4 is 27.5 Å². The van der Waals surface area contributed by atoms with Crippen LogP contribution in [0.1, 0.15) is 37.8 Å². The van der Waals surface area contributed by atoms with Gasteiger partial charge in [-0.2, -0.15) is 0 Å². The second-order valence-electron chi connectivity index (χ2n) is 4.51. The fourth-order valence-electron chi connectivity index (χ4n) is 2.43. The van der Waals surface area contributed by atoms with Gasteiger partial charge in [0.25, 0.3) is 0 Å². The maximum Gasteiger partial charge on any atom is 0.202 e. The number of rotatable bonds is 1. The van der Waals surface area contributed by atoms with E-state index in [1.54, 1.807) is 0 Å². The molecule has 0 N–H and O–H groups in total. The van der Waals surface area contributed by atoms with E-state index in [1.165, 1.54) is 25.0 Å². The Bertz CT molecular complexity index is 350. The summed E-state index contributed by atoms with van der Waals surface area (Å²) >= 11 is 9.69. The van der Waals surface area contributed by atoms with Gasteiger partial charge in [0.15, 0.2) is 0 Å². The molecule has 1 heterocycles. The van der Waals surface area contributed by atoms with E-state index in [0.29, 0.717) is 16.0 Å². The van der Waals surface area contributed by atoms with Crippen LogP contribution in [0.5, 0.6) is 0 Å². The Kier molecular flexibility index (Phi) is 3.41.